The zero-order valence-electron chi connectivity index (χ0n) is 12.1. The molecule has 1 aromatic rings. The summed E-state index contributed by atoms with van der Waals surface area (Å²) in [6.45, 7) is 4.67. The summed E-state index contributed by atoms with van der Waals surface area (Å²) in [5, 5.41) is 0. The Hall–Kier alpha value is -1.00. The fourth-order valence-electron chi connectivity index (χ4n) is 3.15. The lowest BCUT2D eigenvalue weighted by Crippen LogP contribution is -2.29. The van der Waals surface area contributed by atoms with Crippen molar-refractivity contribution in [2.45, 2.75) is 45.3 Å². The first kappa shape index (κ1) is 15.4. The monoisotopic (exact) mass is 283 g/mol. The first-order chi connectivity index (χ1) is 9.47. The maximum atomic E-state index is 13.6. The van der Waals surface area contributed by atoms with E-state index in [1.54, 1.807) is 0 Å². The van der Waals surface area contributed by atoms with Gasteiger partial charge in [-0.1, -0.05) is 26.0 Å². The normalized spacial score (nSPS) is 28.4. The van der Waals surface area contributed by atoms with Crippen molar-refractivity contribution in [3.05, 3.63) is 35.4 Å². The molecule has 1 aliphatic rings. The molecular weight excluding hydrogens is 260 g/mol. The fourth-order valence-corrected chi connectivity index (χ4v) is 3.15. The summed E-state index contributed by atoms with van der Waals surface area (Å²) in [5.74, 6) is -0.441. The van der Waals surface area contributed by atoms with E-state index in [2.05, 4.69) is 13.8 Å². The molecular formula is C16H23F2NO. The standard InChI is InChI=1S/C16H23F2NO/c1-10-6-11(2)8-12(7-10)20-9-15(19)13-4-3-5-14(17)16(13)18/h3-5,10-12,15H,6-9,19H2,1-2H3. The van der Waals surface area contributed by atoms with E-state index in [0.717, 1.165) is 18.9 Å². The van der Waals surface area contributed by atoms with Gasteiger partial charge >= 0.3 is 0 Å². The van der Waals surface area contributed by atoms with Crippen molar-refractivity contribution >= 4 is 0 Å². The van der Waals surface area contributed by atoms with Crippen molar-refractivity contribution in [2.24, 2.45) is 17.6 Å². The molecule has 4 heteroatoms. The van der Waals surface area contributed by atoms with Gasteiger partial charge in [-0.15, -0.1) is 0 Å². The van der Waals surface area contributed by atoms with Gasteiger partial charge in [0.2, 0.25) is 0 Å². The van der Waals surface area contributed by atoms with Gasteiger partial charge < -0.3 is 10.5 Å². The summed E-state index contributed by atoms with van der Waals surface area (Å²) in [5.41, 5.74) is 6.10. The van der Waals surface area contributed by atoms with Gasteiger partial charge in [-0.05, 0) is 37.2 Å². The molecule has 0 saturated heterocycles. The van der Waals surface area contributed by atoms with Crippen LogP contribution in [0.5, 0.6) is 0 Å². The SMILES string of the molecule is CC1CC(C)CC(OCC(N)c2cccc(F)c2F)C1. The van der Waals surface area contributed by atoms with Crippen molar-refractivity contribution in [1.82, 2.24) is 0 Å². The molecule has 20 heavy (non-hydrogen) atoms. The first-order valence-electron chi connectivity index (χ1n) is 7.28. The van der Waals surface area contributed by atoms with Crippen LogP contribution in [-0.2, 0) is 4.74 Å². The molecule has 1 fully saturated rings. The molecule has 0 aliphatic heterocycles. The van der Waals surface area contributed by atoms with Crippen LogP contribution >= 0.6 is 0 Å². The molecule has 3 unspecified atom stereocenters. The van der Waals surface area contributed by atoms with E-state index in [1.165, 1.54) is 18.6 Å². The predicted molar refractivity (Wildman–Crippen MR) is 75.2 cm³/mol. The summed E-state index contributed by atoms with van der Waals surface area (Å²) in [6, 6.07) is 3.45. The second-order valence-electron chi connectivity index (χ2n) is 6.12. The summed E-state index contributed by atoms with van der Waals surface area (Å²) in [4.78, 5) is 0. The minimum atomic E-state index is -0.867. The van der Waals surface area contributed by atoms with Gasteiger partial charge in [-0.2, -0.15) is 0 Å². The zero-order chi connectivity index (χ0) is 14.7. The summed E-state index contributed by atoms with van der Waals surface area (Å²) < 4.78 is 32.6. The maximum absolute atomic E-state index is 13.6. The minimum Gasteiger partial charge on any atom is -0.376 e. The molecule has 0 bridgehead atoms. The van der Waals surface area contributed by atoms with Gasteiger partial charge in [-0.25, -0.2) is 8.78 Å². The summed E-state index contributed by atoms with van der Waals surface area (Å²) in [7, 11) is 0. The lowest BCUT2D eigenvalue weighted by Gasteiger charge is -2.32. The second-order valence-corrected chi connectivity index (χ2v) is 6.12. The number of hydrogen-bond donors (Lipinski definition) is 1. The van der Waals surface area contributed by atoms with E-state index >= 15 is 0 Å². The Labute approximate surface area is 119 Å². The molecule has 0 spiro atoms. The Morgan fingerprint density at radius 2 is 1.85 bits per heavy atom. The highest BCUT2D eigenvalue weighted by molar-refractivity contribution is 5.22. The van der Waals surface area contributed by atoms with Crippen LogP contribution in [0, 0.1) is 23.5 Å². The Bertz CT molecular complexity index is 442. The average molecular weight is 283 g/mol. The smallest absolute Gasteiger partial charge is 0.163 e. The Kier molecular flexibility index (Phi) is 5.11. The molecule has 0 amide bonds. The van der Waals surface area contributed by atoms with Crippen molar-refractivity contribution in [3.63, 3.8) is 0 Å². The van der Waals surface area contributed by atoms with E-state index in [1.807, 2.05) is 0 Å². The first-order valence-corrected chi connectivity index (χ1v) is 7.28. The van der Waals surface area contributed by atoms with Crippen LogP contribution in [0.25, 0.3) is 0 Å². The Morgan fingerprint density at radius 3 is 2.50 bits per heavy atom. The molecule has 0 aromatic heterocycles. The highest BCUT2D eigenvalue weighted by Crippen LogP contribution is 2.31. The molecule has 2 nitrogen and oxygen atoms in total. The lowest BCUT2D eigenvalue weighted by molar-refractivity contribution is -0.00562. The molecule has 2 N–H and O–H groups in total. The van der Waals surface area contributed by atoms with Gasteiger partial charge in [-0.3, -0.25) is 0 Å². The fraction of sp³-hybridized carbons (Fsp3) is 0.625. The molecule has 2 rings (SSSR count). The van der Waals surface area contributed by atoms with Crippen molar-refractivity contribution in [2.75, 3.05) is 6.61 Å². The van der Waals surface area contributed by atoms with Crippen molar-refractivity contribution in [3.8, 4) is 0 Å². The van der Waals surface area contributed by atoms with Crippen LogP contribution in [0.1, 0.15) is 44.7 Å². The number of hydrogen-bond acceptors (Lipinski definition) is 2. The second kappa shape index (κ2) is 6.64. The number of halogens is 2. The summed E-state index contributed by atoms with van der Waals surface area (Å²) in [6.07, 6.45) is 3.44. The molecule has 1 saturated carbocycles. The minimum absolute atomic E-state index is 0.177. The van der Waals surface area contributed by atoms with E-state index in [9.17, 15) is 8.78 Å². The highest BCUT2D eigenvalue weighted by Gasteiger charge is 2.25. The molecule has 3 atom stereocenters. The predicted octanol–water partition coefficient (Wildman–Crippen LogP) is 3.81. The highest BCUT2D eigenvalue weighted by atomic mass is 19.2. The summed E-state index contributed by atoms with van der Waals surface area (Å²) >= 11 is 0. The molecule has 1 aliphatic carbocycles. The van der Waals surface area contributed by atoms with Gasteiger partial charge in [0, 0.05) is 5.56 Å². The van der Waals surface area contributed by atoms with Crippen LogP contribution in [0.15, 0.2) is 18.2 Å². The van der Waals surface area contributed by atoms with Gasteiger partial charge in [0.15, 0.2) is 11.6 Å². The quantitative estimate of drug-likeness (QED) is 0.912. The third-order valence-electron chi connectivity index (χ3n) is 4.03. The Balaban J connectivity index is 1.91. The van der Waals surface area contributed by atoms with Crippen LogP contribution in [0.2, 0.25) is 0 Å². The number of ether oxygens (including phenoxy) is 1. The van der Waals surface area contributed by atoms with Crippen LogP contribution in [-0.4, -0.2) is 12.7 Å². The zero-order valence-corrected chi connectivity index (χ0v) is 12.1. The van der Waals surface area contributed by atoms with Gasteiger partial charge in [0.05, 0.1) is 18.8 Å². The molecule has 1 aromatic carbocycles. The maximum Gasteiger partial charge on any atom is 0.163 e. The van der Waals surface area contributed by atoms with Gasteiger partial charge in [0.1, 0.15) is 0 Å². The molecule has 0 radical (unpaired) electrons. The van der Waals surface area contributed by atoms with Crippen LogP contribution < -0.4 is 5.73 Å². The van der Waals surface area contributed by atoms with E-state index in [-0.39, 0.29) is 18.3 Å². The lowest BCUT2D eigenvalue weighted by atomic mass is 9.82. The third kappa shape index (κ3) is 3.76. The number of rotatable bonds is 4. The van der Waals surface area contributed by atoms with Crippen molar-refractivity contribution in [1.29, 1.82) is 0 Å². The van der Waals surface area contributed by atoms with Crippen LogP contribution in [0.4, 0.5) is 8.78 Å². The third-order valence-corrected chi connectivity index (χ3v) is 4.03. The van der Waals surface area contributed by atoms with E-state index in [0.29, 0.717) is 11.8 Å². The van der Waals surface area contributed by atoms with E-state index in [4.69, 9.17) is 10.5 Å². The number of nitrogens with two attached hydrogens (primary N) is 1. The number of benzene rings is 1. The largest absolute Gasteiger partial charge is 0.376 e. The van der Waals surface area contributed by atoms with E-state index < -0.39 is 17.7 Å². The van der Waals surface area contributed by atoms with Gasteiger partial charge in [0.25, 0.3) is 0 Å². The Morgan fingerprint density at radius 1 is 1.20 bits per heavy atom. The average Bonchev–Trinajstić information content (AvgIpc) is 2.38. The molecule has 112 valence electrons. The topological polar surface area (TPSA) is 35.2 Å². The van der Waals surface area contributed by atoms with Crippen LogP contribution in [0.3, 0.4) is 0 Å². The van der Waals surface area contributed by atoms with Crippen molar-refractivity contribution < 1.29 is 13.5 Å². The molecule has 0 heterocycles.